The molecule has 7 heteroatoms. The summed E-state index contributed by atoms with van der Waals surface area (Å²) in [4.78, 5) is 10.5. The molecule has 1 aromatic rings. The summed E-state index contributed by atoms with van der Waals surface area (Å²) in [5.41, 5.74) is 0.0718. The van der Waals surface area contributed by atoms with Crippen LogP contribution in [0.25, 0.3) is 0 Å². The fraction of sp³-hybridized carbons (Fsp3) is 0.364. The van der Waals surface area contributed by atoms with Crippen LogP contribution in [0, 0.1) is 0 Å². The first-order valence-electron chi connectivity index (χ1n) is 4.88. The number of rotatable bonds is 5. The molecule has 0 fully saturated rings. The van der Waals surface area contributed by atoms with Crippen LogP contribution in [0.5, 0.6) is 11.5 Å². The summed E-state index contributed by atoms with van der Waals surface area (Å²) >= 11 is 3.11. The maximum Gasteiger partial charge on any atom is 0.341 e. The second-order valence-corrected chi connectivity index (χ2v) is 4.27. The number of carboxylic acid groups (broad SMARTS) is 1. The van der Waals surface area contributed by atoms with Gasteiger partial charge in [0.2, 0.25) is 6.17 Å². The minimum absolute atomic E-state index is 0.0718. The molecule has 2 unspecified atom stereocenters. The van der Waals surface area contributed by atoms with Gasteiger partial charge in [0.25, 0.3) is 0 Å². The molecule has 1 aromatic carbocycles. The van der Waals surface area contributed by atoms with Crippen molar-refractivity contribution in [2.24, 2.45) is 0 Å². The summed E-state index contributed by atoms with van der Waals surface area (Å²) in [5, 5.41) is 18.2. The summed E-state index contributed by atoms with van der Waals surface area (Å²) in [5.74, 6) is -1.08. The van der Waals surface area contributed by atoms with Crippen molar-refractivity contribution >= 4 is 21.9 Å². The molecule has 0 amide bonds. The molecule has 0 heterocycles. The fourth-order valence-electron chi connectivity index (χ4n) is 1.39. The molecule has 1 rings (SSSR count). The van der Waals surface area contributed by atoms with Crippen LogP contribution in [0.3, 0.4) is 0 Å². The number of hydrogen-bond acceptors (Lipinski definition) is 4. The highest BCUT2D eigenvalue weighted by Gasteiger charge is 2.29. The number of methoxy groups -OCH3 is 2. The monoisotopic (exact) mass is 322 g/mol. The van der Waals surface area contributed by atoms with Crippen molar-refractivity contribution in [1.82, 2.24) is 0 Å². The molecule has 0 bridgehead atoms. The predicted octanol–water partition coefficient (Wildman–Crippen LogP) is 1.92. The van der Waals surface area contributed by atoms with Crippen molar-refractivity contribution in [2.75, 3.05) is 14.2 Å². The van der Waals surface area contributed by atoms with Gasteiger partial charge >= 0.3 is 5.97 Å². The summed E-state index contributed by atoms with van der Waals surface area (Å²) in [7, 11) is 2.81. The number of ether oxygens (including phenoxy) is 2. The minimum Gasteiger partial charge on any atom is -0.493 e. The van der Waals surface area contributed by atoms with E-state index in [0.717, 1.165) is 0 Å². The smallest absolute Gasteiger partial charge is 0.341 e. The molecule has 0 spiro atoms. The molecule has 0 aromatic heterocycles. The Kier molecular flexibility index (Phi) is 4.92. The van der Waals surface area contributed by atoms with Crippen molar-refractivity contribution in [3.63, 3.8) is 0 Å². The summed E-state index contributed by atoms with van der Waals surface area (Å²) < 4.78 is 23.6. The topological polar surface area (TPSA) is 76.0 Å². The van der Waals surface area contributed by atoms with Crippen molar-refractivity contribution in [3.8, 4) is 11.5 Å². The Hall–Kier alpha value is -1.34. The summed E-state index contributed by atoms with van der Waals surface area (Å²) in [6.07, 6.45) is -4.21. The number of alkyl halides is 1. The molecule has 0 saturated carbocycles. The summed E-state index contributed by atoms with van der Waals surface area (Å²) in [6, 6.07) is 2.79. The third-order valence-corrected chi connectivity index (χ3v) is 3.02. The van der Waals surface area contributed by atoms with E-state index in [9.17, 15) is 14.3 Å². The molecule has 0 aliphatic rings. The maximum absolute atomic E-state index is 13.3. The second kappa shape index (κ2) is 6.01. The largest absolute Gasteiger partial charge is 0.493 e. The van der Waals surface area contributed by atoms with Gasteiger partial charge in [-0.05, 0) is 12.1 Å². The first kappa shape index (κ1) is 14.7. The first-order chi connectivity index (χ1) is 8.42. The molecule has 2 N–H and O–H groups in total. The standard InChI is InChI=1S/C11H12BrFO5/c1-17-7-3-5(6(12)4-8(7)18-2)10(14)9(13)11(15)16/h3-4,9-10,14H,1-2H3,(H,15,16). The molecule has 0 saturated heterocycles. The Morgan fingerprint density at radius 3 is 2.28 bits per heavy atom. The van der Waals surface area contributed by atoms with Gasteiger partial charge in [0.1, 0.15) is 6.10 Å². The van der Waals surface area contributed by atoms with E-state index >= 15 is 0 Å². The lowest BCUT2D eigenvalue weighted by molar-refractivity contribution is -0.147. The van der Waals surface area contributed by atoms with Crippen LogP contribution in [0.1, 0.15) is 11.7 Å². The number of aliphatic hydroxyl groups excluding tert-OH is 1. The van der Waals surface area contributed by atoms with E-state index in [2.05, 4.69) is 15.9 Å². The highest BCUT2D eigenvalue weighted by molar-refractivity contribution is 9.10. The highest BCUT2D eigenvalue weighted by Crippen LogP contribution is 2.37. The van der Waals surface area contributed by atoms with E-state index in [1.165, 1.54) is 26.4 Å². The summed E-state index contributed by atoms with van der Waals surface area (Å²) in [6.45, 7) is 0. The second-order valence-electron chi connectivity index (χ2n) is 3.41. The Balaban J connectivity index is 3.20. The Bertz CT molecular complexity index is 451. The zero-order valence-electron chi connectivity index (χ0n) is 9.68. The van der Waals surface area contributed by atoms with Crippen LogP contribution in [0.2, 0.25) is 0 Å². The first-order valence-corrected chi connectivity index (χ1v) is 5.68. The number of benzene rings is 1. The van der Waals surface area contributed by atoms with Crippen molar-refractivity contribution in [2.45, 2.75) is 12.3 Å². The van der Waals surface area contributed by atoms with Crippen LogP contribution in [0.4, 0.5) is 4.39 Å². The van der Waals surface area contributed by atoms with Gasteiger partial charge in [0.05, 0.1) is 14.2 Å². The van der Waals surface area contributed by atoms with Crippen LogP contribution < -0.4 is 9.47 Å². The number of carbonyl (C=O) groups is 1. The molecule has 18 heavy (non-hydrogen) atoms. The normalized spacial score (nSPS) is 13.8. The van der Waals surface area contributed by atoms with Crippen molar-refractivity contribution in [3.05, 3.63) is 22.2 Å². The van der Waals surface area contributed by atoms with Gasteiger partial charge in [-0.2, -0.15) is 0 Å². The van der Waals surface area contributed by atoms with E-state index in [0.29, 0.717) is 10.2 Å². The SMILES string of the molecule is COc1cc(Br)c(C(O)C(F)C(=O)O)cc1OC. The van der Waals surface area contributed by atoms with Gasteiger partial charge < -0.3 is 19.7 Å². The molecule has 2 atom stereocenters. The lowest BCUT2D eigenvalue weighted by Crippen LogP contribution is -2.23. The number of aliphatic carboxylic acids is 1. The zero-order chi connectivity index (χ0) is 13.9. The average Bonchev–Trinajstić information content (AvgIpc) is 2.36. The zero-order valence-corrected chi connectivity index (χ0v) is 11.3. The van der Waals surface area contributed by atoms with Crippen LogP contribution in [-0.2, 0) is 4.79 Å². The van der Waals surface area contributed by atoms with Gasteiger partial charge in [-0.15, -0.1) is 0 Å². The van der Waals surface area contributed by atoms with Crippen LogP contribution in [-0.4, -0.2) is 36.6 Å². The highest BCUT2D eigenvalue weighted by atomic mass is 79.9. The van der Waals surface area contributed by atoms with E-state index in [-0.39, 0.29) is 11.3 Å². The van der Waals surface area contributed by atoms with Gasteiger partial charge in [-0.1, -0.05) is 15.9 Å². The van der Waals surface area contributed by atoms with Gasteiger partial charge in [-0.25, -0.2) is 9.18 Å². The van der Waals surface area contributed by atoms with Crippen LogP contribution >= 0.6 is 15.9 Å². The third-order valence-electron chi connectivity index (χ3n) is 2.33. The fourth-order valence-corrected chi connectivity index (χ4v) is 1.95. The number of hydrogen-bond donors (Lipinski definition) is 2. The Morgan fingerprint density at radius 1 is 1.33 bits per heavy atom. The van der Waals surface area contributed by atoms with E-state index in [1.54, 1.807) is 0 Å². The molecule has 5 nitrogen and oxygen atoms in total. The third kappa shape index (κ3) is 2.91. The molecule has 0 radical (unpaired) electrons. The molecule has 0 aliphatic carbocycles. The number of halogens is 2. The van der Waals surface area contributed by atoms with E-state index in [1.807, 2.05) is 0 Å². The Morgan fingerprint density at radius 2 is 1.83 bits per heavy atom. The molecular weight excluding hydrogens is 311 g/mol. The molecular formula is C11H12BrFO5. The van der Waals surface area contributed by atoms with E-state index < -0.39 is 18.2 Å². The lowest BCUT2D eigenvalue weighted by atomic mass is 10.0. The predicted molar refractivity (Wildman–Crippen MR) is 64.7 cm³/mol. The molecule has 100 valence electrons. The van der Waals surface area contributed by atoms with Crippen molar-refractivity contribution in [1.29, 1.82) is 0 Å². The Labute approximate surface area is 111 Å². The number of aliphatic hydroxyl groups is 1. The molecule has 0 aliphatic heterocycles. The van der Waals surface area contributed by atoms with Crippen molar-refractivity contribution < 1.29 is 28.9 Å². The van der Waals surface area contributed by atoms with E-state index in [4.69, 9.17) is 14.6 Å². The lowest BCUT2D eigenvalue weighted by Gasteiger charge is -2.17. The van der Waals surface area contributed by atoms with Gasteiger partial charge in [0, 0.05) is 10.0 Å². The maximum atomic E-state index is 13.3. The minimum atomic E-state index is -2.42. The quantitative estimate of drug-likeness (QED) is 0.866. The van der Waals surface area contributed by atoms with Gasteiger partial charge in [0.15, 0.2) is 11.5 Å². The number of carboxylic acids is 1. The van der Waals surface area contributed by atoms with Gasteiger partial charge in [-0.3, -0.25) is 0 Å². The van der Waals surface area contributed by atoms with Crippen LogP contribution in [0.15, 0.2) is 16.6 Å². The average molecular weight is 323 g/mol.